The normalized spacial score (nSPS) is 29.6. The second kappa shape index (κ2) is 3.05. The van der Waals surface area contributed by atoms with E-state index < -0.39 is 11.2 Å². The number of rotatable bonds is 2. The lowest BCUT2D eigenvalue weighted by Gasteiger charge is -2.52. The highest BCUT2D eigenvalue weighted by molar-refractivity contribution is 5.27. The average Bonchev–Trinajstić information content (AvgIpc) is 2.19. The molecule has 1 aliphatic heterocycles. The molecular formula is C11H14O3. The molecule has 76 valence electrons. The van der Waals surface area contributed by atoms with Crippen molar-refractivity contribution in [3.8, 4) is 0 Å². The lowest BCUT2D eigenvalue weighted by molar-refractivity contribution is -0.557. The monoisotopic (exact) mass is 194 g/mol. The molecule has 0 aromatic heterocycles. The molecule has 3 heteroatoms. The van der Waals surface area contributed by atoms with Crippen molar-refractivity contribution in [2.75, 3.05) is 6.61 Å². The van der Waals surface area contributed by atoms with Gasteiger partial charge in [0.2, 0.25) is 0 Å². The summed E-state index contributed by atoms with van der Waals surface area (Å²) in [6.45, 7) is 3.73. The average molecular weight is 194 g/mol. The predicted molar refractivity (Wildman–Crippen MR) is 51.5 cm³/mol. The van der Waals surface area contributed by atoms with Crippen molar-refractivity contribution in [3.05, 3.63) is 35.9 Å². The second-order valence-electron chi connectivity index (χ2n) is 4.03. The van der Waals surface area contributed by atoms with Crippen molar-refractivity contribution in [2.45, 2.75) is 25.0 Å². The first-order valence-corrected chi connectivity index (χ1v) is 4.66. The van der Waals surface area contributed by atoms with Crippen LogP contribution in [0.3, 0.4) is 0 Å². The molecule has 0 spiro atoms. The molecule has 0 radical (unpaired) electrons. The molecule has 1 fully saturated rings. The zero-order valence-electron chi connectivity index (χ0n) is 8.36. The molecule has 0 saturated carbocycles. The Labute approximate surface area is 83.2 Å². The van der Waals surface area contributed by atoms with Crippen molar-refractivity contribution in [2.24, 2.45) is 0 Å². The van der Waals surface area contributed by atoms with Crippen LogP contribution in [0.4, 0.5) is 0 Å². The van der Waals surface area contributed by atoms with E-state index in [2.05, 4.69) is 0 Å². The third-order valence-corrected chi connectivity index (χ3v) is 2.83. The summed E-state index contributed by atoms with van der Waals surface area (Å²) in [5.74, 6) is 0. The van der Waals surface area contributed by atoms with Crippen molar-refractivity contribution >= 4 is 0 Å². The van der Waals surface area contributed by atoms with Gasteiger partial charge >= 0.3 is 0 Å². The first-order chi connectivity index (χ1) is 6.62. The maximum Gasteiger partial charge on any atom is 0.183 e. The fourth-order valence-corrected chi connectivity index (χ4v) is 1.72. The minimum atomic E-state index is -0.714. The van der Waals surface area contributed by atoms with Gasteiger partial charge in [0.1, 0.15) is 5.60 Å². The topological polar surface area (TPSA) is 38.7 Å². The van der Waals surface area contributed by atoms with E-state index in [4.69, 9.17) is 9.78 Å². The van der Waals surface area contributed by atoms with Gasteiger partial charge in [0.15, 0.2) is 5.60 Å². The molecule has 1 aliphatic rings. The minimum Gasteiger partial charge on any atom is -0.393 e. The maximum atomic E-state index is 9.42. The SMILES string of the molecule is CC1(C)OOC1(CO)c1ccccc1. The first kappa shape index (κ1) is 9.65. The number of hydrogen-bond acceptors (Lipinski definition) is 3. The summed E-state index contributed by atoms with van der Waals surface area (Å²) in [6.07, 6.45) is 0. The molecule has 2 rings (SSSR count). The third kappa shape index (κ3) is 1.10. The molecule has 1 atom stereocenters. The summed E-state index contributed by atoms with van der Waals surface area (Å²) >= 11 is 0. The molecule has 0 amide bonds. The van der Waals surface area contributed by atoms with Crippen molar-refractivity contribution in [1.29, 1.82) is 0 Å². The lowest BCUT2D eigenvalue weighted by Crippen LogP contribution is -2.63. The van der Waals surface area contributed by atoms with E-state index >= 15 is 0 Å². The van der Waals surface area contributed by atoms with Crippen LogP contribution in [0.2, 0.25) is 0 Å². The van der Waals surface area contributed by atoms with Crippen molar-refractivity contribution < 1.29 is 14.9 Å². The maximum absolute atomic E-state index is 9.42. The molecule has 3 nitrogen and oxygen atoms in total. The van der Waals surface area contributed by atoms with Gasteiger partial charge in [-0.25, -0.2) is 9.78 Å². The van der Waals surface area contributed by atoms with Crippen LogP contribution in [0, 0.1) is 0 Å². The molecule has 1 saturated heterocycles. The molecule has 14 heavy (non-hydrogen) atoms. The van der Waals surface area contributed by atoms with E-state index in [0.29, 0.717) is 0 Å². The zero-order chi connectivity index (χ0) is 10.2. The minimum absolute atomic E-state index is 0.0794. The van der Waals surface area contributed by atoms with Crippen LogP contribution in [0.15, 0.2) is 30.3 Å². The fourth-order valence-electron chi connectivity index (χ4n) is 1.72. The largest absolute Gasteiger partial charge is 0.393 e. The molecule has 1 aromatic rings. The van der Waals surface area contributed by atoms with Gasteiger partial charge in [-0.1, -0.05) is 30.3 Å². The summed E-state index contributed by atoms with van der Waals surface area (Å²) in [5, 5.41) is 9.42. The standard InChI is InChI=1S/C11H14O3/c1-10(2)11(8-12,14-13-10)9-6-4-3-5-7-9/h3-7,12H,8H2,1-2H3. The second-order valence-corrected chi connectivity index (χ2v) is 4.03. The number of hydrogen-bond donors (Lipinski definition) is 1. The van der Waals surface area contributed by atoms with Gasteiger partial charge < -0.3 is 5.11 Å². The third-order valence-electron chi connectivity index (χ3n) is 2.83. The van der Waals surface area contributed by atoms with Gasteiger partial charge in [0.25, 0.3) is 0 Å². The Balaban J connectivity index is 2.40. The van der Waals surface area contributed by atoms with E-state index in [1.165, 1.54) is 0 Å². The fraction of sp³-hybridized carbons (Fsp3) is 0.455. The van der Waals surface area contributed by atoms with Gasteiger partial charge in [0.05, 0.1) is 6.61 Å². The van der Waals surface area contributed by atoms with Crippen molar-refractivity contribution in [1.82, 2.24) is 0 Å². The molecule has 0 aliphatic carbocycles. The molecule has 1 aromatic carbocycles. The Morgan fingerprint density at radius 2 is 1.79 bits per heavy atom. The van der Waals surface area contributed by atoms with E-state index in [0.717, 1.165) is 5.56 Å². The number of benzene rings is 1. The lowest BCUT2D eigenvalue weighted by atomic mass is 9.79. The Morgan fingerprint density at radius 1 is 1.14 bits per heavy atom. The van der Waals surface area contributed by atoms with E-state index in [9.17, 15) is 5.11 Å². The van der Waals surface area contributed by atoms with E-state index in [1.54, 1.807) is 0 Å². The highest BCUT2D eigenvalue weighted by atomic mass is 17.3. The van der Waals surface area contributed by atoms with Gasteiger partial charge in [-0.05, 0) is 19.4 Å². The summed E-state index contributed by atoms with van der Waals surface area (Å²) in [4.78, 5) is 10.1. The number of aliphatic hydroxyl groups excluding tert-OH is 1. The highest BCUT2D eigenvalue weighted by Crippen LogP contribution is 2.47. The summed E-state index contributed by atoms with van der Waals surface area (Å²) in [5.41, 5.74) is -0.254. The predicted octanol–water partition coefficient (Wildman–Crippen LogP) is 1.61. The van der Waals surface area contributed by atoms with Crippen LogP contribution in [0.5, 0.6) is 0 Å². The Bertz CT molecular complexity index is 317. The quantitative estimate of drug-likeness (QED) is 0.727. The van der Waals surface area contributed by atoms with Crippen LogP contribution in [0.1, 0.15) is 19.4 Å². The van der Waals surface area contributed by atoms with Gasteiger partial charge in [0, 0.05) is 0 Å². The first-order valence-electron chi connectivity index (χ1n) is 4.66. The molecular weight excluding hydrogens is 180 g/mol. The van der Waals surface area contributed by atoms with E-state index in [-0.39, 0.29) is 6.61 Å². The van der Waals surface area contributed by atoms with Crippen molar-refractivity contribution in [3.63, 3.8) is 0 Å². The molecule has 1 unspecified atom stereocenters. The molecule has 1 heterocycles. The summed E-state index contributed by atoms with van der Waals surface area (Å²) in [6, 6.07) is 9.64. The summed E-state index contributed by atoms with van der Waals surface area (Å²) in [7, 11) is 0. The van der Waals surface area contributed by atoms with Crippen LogP contribution >= 0.6 is 0 Å². The smallest absolute Gasteiger partial charge is 0.183 e. The zero-order valence-corrected chi connectivity index (χ0v) is 8.36. The van der Waals surface area contributed by atoms with Gasteiger partial charge in [-0.2, -0.15) is 0 Å². The molecule has 1 N–H and O–H groups in total. The van der Waals surface area contributed by atoms with Gasteiger partial charge in [-0.3, -0.25) is 0 Å². The van der Waals surface area contributed by atoms with E-state index in [1.807, 2.05) is 44.2 Å². The van der Waals surface area contributed by atoms with Crippen LogP contribution in [-0.2, 0) is 15.4 Å². The van der Waals surface area contributed by atoms with Crippen LogP contribution in [0.25, 0.3) is 0 Å². The Kier molecular flexibility index (Phi) is 2.10. The summed E-state index contributed by atoms with van der Waals surface area (Å²) < 4.78 is 0. The van der Waals surface area contributed by atoms with Crippen LogP contribution in [-0.4, -0.2) is 17.3 Å². The highest BCUT2D eigenvalue weighted by Gasteiger charge is 2.59. The molecule has 0 bridgehead atoms. The van der Waals surface area contributed by atoms with Crippen LogP contribution < -0.4 is 0 Å². The van der Waals surface area contributed by atoms with Gasteiger partial charge in [-0.15, -0.1) is 0 Å². The Hall–Kier alpha value is -0.900. The Morgan fingerprint density at radius 3 is 2.14 bits per heavy atom. The number of aliphatic hydroxyl groups is 1.